The van der Waals surface area contributed by atoms with Crippen molar-refractivity contribution in [1.29, 1.82) is 0 Å². The quantitative estimate of drug-likeness (QED) is 0.0639. The van der Waals surface area contributed by atoms with Gasteiger partial charge in [-0.2, -0.15) is 0 Å². The summed E-state index contributed by atoms with van der Waals surface area (Å²) in [6.45, 7) is 9.01. The lowest BCUT2D eigenvalue weighted by Gasteiger charge is -2.16. The maximum Gasteiger partial charge on any atom is 0.333 e. The molecule has 0 aliphatic rings. The van der Waals surface area contributed by atoms with Crippen LogP contribution in [0.25, 0.3) is 0 Å². The number of hydrogen-bond acceptors (Lipinski definition) is 4. The summed E-state index contributed by atoms with van der Waals surface area (Å²) in [4.78, 5) is 22.7. The van der Waals surface area contributed by atoms with Crippen molar-refractivity contribution < 1.29 is 19.1 Å². The summed E-state index contributed by atoms with van der Waals surface area (Å²) < 4.78 is 10.1. The largest absolute Gasteiger partial charge is 0.422 e. The minimum absolute atomic E-state index is 0.512. The van der Waals surface area contributed by atoms with Gasteiger partial charge < -0.3 is 9.47 Å². The van der Waals surface area contributed by atoms with Gasteiger partial charge in [-0.15, -0.1) is 0 Å². The summed E-state index contributed by atoms with van der Waals surface area (Å²) in [7, 11) is 0. The molecular weight excluding hydrogens is 400 g/mol. The Kier molecular flexibility index (Phi) is 22.9. The van der Waals surface area contributed by atoms with E-state index in [0.29, 0.717) is 6.42 Å². The fourth-order valence-corrected chi connectivity index (χ4v) is 3.89. The summed E-state index contributed by atoms with van der Waals surface area (Å²) in [5, 5.41) is 0. The van der Waals surface area contributed by atoms with Crippen LogP contribution in [0, 0.1) is 0 Å². The molecule has 4 nitrogen and oxygen atoms in total. The van der Waals surface area contributed by atoms with E-state index >= 15 is 0 Å². The third-order valence-corrected chi connectivity index (χ3v) is 5.87. The van der Waals surface area contributed by atoms with Gasteiger partial charge in [-0.25, -0.2) is 9.59 Å². The molecule has 0 rings (SSSR count). The fraction of sp³-hybridized carbons (Fsp3) is 0.786. The van der Waals surface area contributed by atoms with Crippen LogP contribution in [-0.2, 0) is 19.1 Å². The van der Waals surface area contributed by atoms with Crippen molar-refractivity contribution >= 4 is 11.9 Å². The van der Waals surface area contributed by atoms with Crippen molar-refractivity contribution in [3.63, 3.8) is 0 Å². The highest BCUT2D eigenvalue weighted by Gasteiger charge is 2.15. The first kappa shape index (κ1) is 30.4. The number of esters is 2. The van der Waals surface area contributed by atoms with E-state index < -0.39 is 18.2 Å². The minimum atomic E-state index is -0.850. The van der Waals surface area contributed by atoms with Crippen LogP contribution in [0.4, 0.5) is 0 Å². The number of carbonyl (C=O) groups excluding carboxylic acids is 2. The molecule has 0 heterocycles. The maximum absolute atomic E-state index is 11.3. The molecule has 0 saturated carbocycles. The molecule has 0 aromatic heterocycles. The summed E-state index contributed by atoms with van der Waals surface area (Å²) >= 11 is 0. The van der Waals surface area contributed by atoms with Crippen molar-refractivity contribution in [2.45, 2.75) is 142 Å². The number of unbranched alkanes of at least 4 members (excludes halogenated alkanes) is 18. The van der Waals surface area contributed by atoms with Gasteiger partial charge in [0.1, 0.15) is 0 Å². The Morgan fingerprint density at radius 3 is 1.12 bits per heavy atom. The summed E-state index contributed by atoms with van der Waals surface area (Å²) in [6.07, 6.45) is 27.0. The highest BCUT2D eigenvalue weighted by atomic mass is 16.7. The lowest BCUT2D eigenvalue weighted by atomic mass is 10.0. The highest BCUT2D eigenvalue weighted by molar-refractivity contribution is 5.83. The lowest BCUT2D eigenvalue weighted by Crippen LogP contribution is -2.23. The van der Waals surface area contributed by atoms with Crippen LogP contribution in [0.1, 0.15) is 135 Å². The third kappa shape index (κ3) is 21.6. The average molecular weight is 451 g/mol. The van der Waals surface area contributed by atoms with Gasteiger partial charge in [-0.1, -0.05) is 136 Å². The Labute approximate surface area is 198 Å². The Morgan fingerprint density at radius 2 is 0.844 bits per heavy atom. The van der Waals surface area contributed by atoms with Gasteiger partial charge in [-0.05, 0) is 6.42 Å². The first-order chi connectivity index (χ1) is 15.6. The smallest absolute Gasteiger partial charge is 0.333 e. The molecule has 32 heavy (non-hydrogen) atoms. The zero-order chi connectivity index (χ0) is 23.7. The molecule has 4 heteroatoms. The number of ether oxygens (including phenoxy) is 2. The van der Waals surface area contributed by atoms with Gasteiger partial charge in [-0.3, -0.25) is 0 Å². The van der Waals surface area contributed by atoms with Crippen molar-refractivity contribution in [3.05, 3.63) is 25.3 Å². The van der Waals surface area contributed by atoms with Gasteiger partial charge in [0.2, 0.25) is 6.29 Å². The van der Waals surface area contributed by atoms with Gasteiger partial charge in [0.15, 0.2) is 0 Å². The molecule has 0 aliphatic carbocycles. The Hall–Kier alpha value is -1.58. The maximum atomic E-state index is 11.3. The normalized spacial score (nSPS) is 10.8. The number of hydrogen-bond donors (Lipinski definition) is 0. The second-order valence-corrected chi connectivity index (χ2v) is 8.86. The van der Waals surface area contributed by atoms with E-state index in [9.17, 15) is 9.59 Å². The van der Waals surface area contributed by atoms with E-state index in [1.807, 2.05) is 0 Å². The van der Waals surface area contributed by atoms with Crippen LogP contribution in [0.15, 0.2) is 25.3 Å². The Balaban J connectivity index is 3.41. The molecule has 0 spiro atoms. The monoisotopic (exact) mass is 450 g/mol. The predicted octanol–water partition coefficient (Wildman–Crippen LogP) is 8.59. The first-order valence-corrected chi connectivity index (χ1v) is 13.3. The fourth-order valence-electron chi connectivity index (χ4n) is 3.89. The minimum Gasteiger partial charge on any atom is -0.422 e. The van der Waals surface area contributed by atoms with Crippen molar-refractivity contribution in [2.24, 2.45) is 0 Å². The zero-order valence-corrected chi connectivity index (χ0v) is 20.9. The van der Waals surface area contributed by atoms with Crippen LogP contribution < -0.4 is 0 Å². The van der Waals surface area contributed by atoms with Crippen LogP contribution >= 0.6 is 0 Å². The summed E-state index contributed by atoms with van der Waals surface area (Å²) in [5.74, 6) is -1.16. The second-order valence-electron chi connectivity index (χ2n) is 8.86. The van der Waals surface area contributed by atoms with E-state index in [2.05, 4.69) is 20.1 Å². The van der Waals surface area contributed by atoms with Gasteiger partial charge in [0, 0.05) is 18.6 Å². The topological polar surface area (TPSA) is 52.6 Å². The molecule has 0 saturated heterocycles. The lowest BCUT2D eigenvalue weighted by molar-refractivity contribution is -0.182. The highest BCUT2D eigenvalue weighted by Crippen LogP contribution is 2.16. The molecule has 0 N–H and O–H groups in total. The third-order valence-electron chi connectivity index (χ3n) is 5.87. The van der Waals surface area contributed by atoms with E-state index in [1.54, 1.807) is 0 Å². The van der Waals surface area contributed by atoms with E-state index in [1.165, 1.54) is 103 Å². The van der Waals surface area contributed by atoms with Gasteiger partial charge in [0.25, 0.3) is 0 Å². The summed E-state index contributed by atoms with van der Waals surface area (Å²) in [6, 6.07) is 0. The first-order valence-electron chi connectivity index (χ1n) is 13.3. The molecule has 0 fully saturated rings. The molecule has 0 aliphatic heterocycles. The van der Waals surface area contributed by atoms with Crippen LogP contribution in [-0.4, -0.2) is 18.2 Å². The van der Waals surface area contributed by atoms with Crippen LogP contribution in [0.2, 0.25) is 0 Å². The van der Waals surface area contributed by atoms with Crippen LogP contribution in [0.5, 0.6) is 0 Å². The van der Waals surface area contributed by atoms with E-state index in [-0.39, 0.29) is 0 Å². The van der Waals surface area contributed by atoms with Crippen molar-refractivity contribution in [3.8, 4) is 0 Å². The molecule has 0 bridgehead atoms. The number of carbonyl (C=O) groups is 2. The van der Waals surface area contributed by atoms with Crippen LogP contribution in [0.3, 0.4) is 0 Å². The molecule has 0 amide bonds. The summed E-state index contributed by atoms with van der Waals surface area (Å²) in [5.41, 5.74) is 0. The SMILES string of the molecule is C=CC(=O)OC(CCCCCCCCCCCCCCCCCCCCC)OC(=O)C=C. The van der Waals surface area contributed by atoms with Gasteiger partial charge in [0.05, 0.1) is 0 Å². The molecule has 0 atom stereocenters. The van der Waals surface area contributed by atoms with Crippen molar-refractivity contribution in [1.82, 2.24) is 0 Å². The zero-order valence-electron chi connectivity index (χ0n) is 20.9. The van der Waals surface area contributed by atoms with Crippen molar-refractivity contribution in [2.75, 3.05) is 0 Å². The molecule has 186 valence electrons. The van der Waals surface area contributed by atoms with Gasteiger partial charge >= 0.3 is 11.9 Å². The van der Waals surface area contributed by atoms with E-state index in [0.717, 1.165) is 31.4 Å². The Bertz CT molecular complexity index is 450. The second kappa shape index (κ2) is 24.1. The molecule has 0 aromatic carbocycles. The standard InChI is InChI=1S/C28H50O4/c1-4-7-8-9-10-11-12-13-14-15-16-17-18-19-20-21-22-23-24-25-28(31-26(29)5-2)32-27(30)6-3/h5-6,28H,2-4,7-25H2,1H3. The predicted molar refractivity (Wildman–Crippen MR) is 134 cm³/mol. The average Bonchev–Trinajstić information content (AvgIpc) is 2.80. The van der Waals surface area contributed by atoms with E-state index in [4.69, 9.17) is 9.47 Å². The molecule has 0 radical (unpaired) electrons. The molecule has 0 unspecified atom stereocenters. The number of rotatable bonds is 24. The Morgan fingerprint density at radius 1 is 0.562 bits per heavy atom. The molecular formula is C28H50O4. The molecule has 0 aromatic rings.